The average Bonchev–Trinajstić information content (AvgIpc) is 2.39. The van der Waals surface area contributed by atoms with Gasteiger partial charge in [-0.2, -0.15) is 0 Å². The van der Waals surface area contributed by atoms with Crippen LogP contribution in [0, 0.1) is 0 Å². The maximum atomic E-state index is 11.9. The van der Waals surface area contributed by atoms with Crippen molar-refractivity contribution >= 4 is 27.5 Å². The van der Waals surface area contributed by atoms with Gasteiger partial charge in [0.2, 0.25) is 10.0 Å². The van der Waals surface area contributed by atoms with Gasteiger partial charge in [0.1, 0.15) is 0 Å². The van der Waals surface area contributed by atoms with Crippen molar-refractivity contribution in [2.24, 2.45) is 0 Å². The molecule has 0 fully saturated rings. The molecule has 1 aromatic carbocycles. The van der Waals surface area contributed by atoms with Gasteiger partial charge < -0.3 is 10.8 Å². The molecule has 0 heterocycles. The highest BCUT2D eigenvalue weighted by atomic mass is 32.2. The number of anilines is 1. The van der Waals surface area contributed by atoms with Gasteiger partial charge in [0.15, 0.2) is 0 Å². The second-order valence-electron chi connectivity index (χ2n) is 5.30. The van der Waals surface area contributed by atoms with Gasteiger partial charge in [0.05, 0.1) is 11.4 Å². The van der Waals surface area contributed by atoms with Crippen LogP contribution < -0.4 is 10.5 Å². The number of benzene rings is 1. The van der Waals surface area contributed by atoms with Crippen LogP contribution in [-0.4, -0.2) is 37.2 Å². The molecular weight excluding hydrogens is 308 g/mol. The van der Waals surface area contributed by atoms with Crippen LogP contribution in [0.5, 0.6) is 0 Å². The second kappa shape index (κ2) is 8.03. The van der Waals surface area contributed by atoms with Crippen molar-refractivity contribution in [3.05, 3.63) is 24.3 Å². The highest BCUT2D eigenvalue weighted by Crippen LogP contribution is 2.19. The SMILES string of the molecule is CCCC(C)(O)CNS(=O)(=O)CCSc1ccc(N)cc1. The first-order valence-electron chi connectivity index (χ1n) is 6.92. The maximum Gasteiger partial charge on any atom is 0.212 e. The normalized spacial score (nSPS) is 14.8. The van der Waals surface area contributed by atoms with Crippen molar-refractivity contribution in [2.45, 2.75) is 37.2 Å². The van der Waals surface area contributed by atoms with E-state index in [0.29, 0.717) is 17.9 Å². The molecule has 0 saturated heterocycles. The maximum absolute atomic E-state index is 11.9. The molecule has 0 spiro atoms. The molecule has 0 radical (unpaired) electrons. The Bertz CT molecular complexity index is 528. The van der Waals surface area contributed by atoms with E-state index in [1.54, 1.807) is 19.1 Å². The lowest BCUT2D eigenvalue weighted by Gasteiger charge is -2.22. The van der Waals surface area contributed by atoms with E-state index in [0.717, 1.165) is 11.3 Å². The Kier molecular flexibility index (Phi) is 6.99. The van der Waals surface area contributed by atoms with Crippen LogP contribution in [0.25, 0.3) is 0 Å². The lowest BCUT2D eigenvalue weighted by molar-refractivity contribution is 0.0554. The Morgan fingerprint density at radius 2 is 1.95 bits per heavy atom. The van der Waals surface area contributed by atoms with Crippen molar-refractivity contribution in [1.82, 2.24) is 4.72 Å². The highest BCUT2D eigenvalue weighted by Gasteiger charge is 2.22. The van der Waals surface area contributed by atoms with Crippen LogP contribution in [0.3, 0.4) is 0 Å². The molecule has 0 aliphatic rings. The molecule has 7 heteroatoms. The molecular formula is C14H24N2O3S2. The van der Waals surface area contributed by atoms with Crippen molar-refractivity contribution in [2.75, 3.05) is 23.8 Å². The van der Waals surface area contributed by atoms with Gasteiger partial charge in [-0.1, -0.05) is 13.3 Å². The third-order valence-corrected chi connectivity index (χ3v) is 5.56. The molecule has 0 amide bonds. The van der Waals surface area contributed by atoms with E-state index in [9.17, 15) is 13.5 Å². The molecule has 21 heavy (non-hydrogen) atoms. The number of sulfonamides is 1. The van der Waals surface area contributed by atoms with E-state index in [-0.39, 0.29) is 12.3 Å². The first kappa shape index (κ1) is 18.3. The zero-order valence-corrected chi connectivity index (χ0v) is 14.1. The summed E-state index contributed by atoms with van der Waals surface area (Å²) in [5, 5.41) is 9.96. The van der Waals surface area contributed by atoms with E-state index < -0.39 is 15.6 Å². The summed E-state index contributed by atoms with van der Waals surface area (Å²) in [7, 11) is -3.37. The molecule has 1 unspecified atom stereocenters. The minimum Gasteiger partial charge on any atom is -0.399 e. The fourth-order valence-corrected chi connectivity index (χ4v) is 4.25. The minimum atomic E-state index is -3.37. The molecule has 1 atom stereocenters. The van der Waals surface area contributed by atoms with E-state index >= 15 is 0 Å². The highest BCUT2D eigenvalue weighted by molar-refractivity contribution is 8.00. The monoisotopic (exact) mass is 332 g/mol. The summed E-state index contributed by atoms with van der Waals surface area (Å²) in [4.78, 5) is 0.984. The first-order valence-corrected chi connectivity index (χ1v) is 9.56. The smallest absolute Gasteiger partial charge is 0.212 e. The molecule has 0 aliphatic carbocycles. The predicted molar refractivity (Wildman–Crippen MR) is 88.9 cm³/mol. The number of hydrogen-bond acceptors (Lipinski definition) is 5. The molecule has 1 rings (SSSR count). The number of thioether (sulfide) groups is 1. The lowest BCUT2D eigenvalue weighted by Crippen LogP contribution is -2.41. The molecule has 0 aliphatic heterocycles. The fraction of sp³-hybridized carbons (Fsp3) is 0.571. The standard InChI is InChI=1S/C14H24N2O3S2/c1-3-8-14(2,17)11-16-21(18,19)10-9-20-13-6-4-12(15)5-7-13/h4-7,16-17H,3,8-11,15H2,1-2H3. The number of nitrogen functional groups attached to an aromatic ring is 1. The Morgan fingerprint density at radius 3 is 2.52 bits per heavy atom. The van der Waals surface area contributed by atoms with E-state index in [4.69, 9.17) is 5.73 Å². The Balaban J connectivity index is 2.37. The number of hydrogen-bond donors (Lipinski definition) is 3. The van der Waals surface area contributed by atoms with Gasteiger partial charge in [0.25, 0.3) is 0 Å². The molecule has 5 nitrogen and oxygen atoms in total. The van der Waals surface area contributed by atoms with E-state index in [1.165, 1.54) is 11.8 Å². The molecule has 4 N–H and O–H groups in total. The van der Waals surface area contributed by atoms with Crippen LogP contribution in [0.15, 0.2) is 29.2 Å². The number of rotatable bonds is 9. The third kappa shape index (κ3) is 7.71. The molecule has 0 bridgehead atoms. The van der Waals surface area contributed by atoms with Crippen molar-refractivity contribution in [3.63, 3.8) is 0 Å². The Hall–Kier alpha value is -0.760. The van der Waals surface area contributed by atoms with Gasteiger partial charge in [0, 0.05) is 22.9 Å². The zero-order valence-electron chi connectivity index (χ0n) is 12.5. The fourth-order valence-electron chi connectivity index (χ4n) is 1.80. The van der Waals surface area contributed by atoms with Crippen molar-refractivity contribution in [3.8, 4) is 0 Å². The average molecular weight is 332 g/mol. The number of nitrogens with one attached hydrogen (secondary N) is 1. The summed E-state index contributed by atoms with van der Waals surface area (Å²) in [5.41, 5.74) is 5.28. The lowest BCUT2D eigenvalue weighted by atomic mass is 10.0. The molecule has 0 aromatic heterocycles. The van der Waals surface area contributed by atoms with E-state index in [2.05, 4.69) is 4.72 Å². The van der Waals surface area contributed by atoms with Crippen LogP contribution >= 0.6 is 11.8 Å². The molecule has 1 aromatic rings. The van der Waals surface area contributed by atoms with E-state index in [1.807, 2.05) is 19.1 Å². The Morgan fingerprint density at radius 1 is 1.33 bits per heavy atom. The summed E-state index contributed by atoms with van der Waals surface area (Å²) in [6.07, 6.45) is 1.37. The van der Waals surface area contributed by atoms with Gasteiger partial charge in [-0.05, 0) is 37.6 Å². The molecule has 120 valence electrons. The number of aliphatic hydroxyl groups is 1. The van der Waals surface area contributed by atoms with Gasteiger partial charge >= 0.3 is 0 Å². The summed E-state index contributed by atoms with van der Waals surface area (Å²) >= 11 is 1.46. The second-order valence-corrected chi connectivity index (χ2v) is 8.40. The van der Waals surface area contributed by atoms with Crippen LogP contribution in [-0.2, 0) is 10.0 Å². The predicted octanol–water partition coefficient (Wildman–Crippen LogP) is 1.83. The summed E-state index contributed by atoms with van der Waals surface area (Å²) < 4.78 is 26.2. The van der Waals surface area contributed by atoms with Gasteiger partial charge in [-0.25, -0.2) is 13.1 Å². The van der Waals surface area contributed by atoms with Crippen LogP contribution in [0.2, 0.25) is 0 Å². The first-order chi connectivity index (χ1) is 9.74. The summed E-state index contributed by atoms with van der Waals surface area (Å²) in [5.74, 6) is 0.472. The van der Waals surface area contributed by atoms with Crippen LogP contribution in [0.4, 0.5) is 5.69 Å². The molecule has 0 saturated carbocycles. The third-order valence-electron chi connectivity index (χ3n) is 2.96. The van der Waals surface area contributed by atoms with Gasteiger partial charge in [-0.3, -0.25) is 0 Å². The van der Waals surface area contributed by atoms with Crippen LogP contribution in [0.1, 0.15) is 26.7 Å². The Labute approximate surface area is 131 Å². The largest absolute Gasteiger partial charge is 0.399 e. The van der Waals surface area contributed by atoms with Crippen molar-refractivity contribution in [1.29, 1.82) is 0 Å². The summed E-state index contributed by atoms with van der Waals surface area (Å²) in [6.45, 7) is 3.64. The summed E-state index contributed by atoms with van der Waals surface area (Å²) in [6, 6.07) is 7.31. The number of nitrogens with two attached hydrogens (primary N) is 1. The van der Waals surface area contributed by atoms with Crippen molar-refractivity contribution < 1.29 is 13.5 Å². The topological polar surface area (TPSA) is 92.4 Å². The quantitative estimate of drug-likeness (QED) is 0.474. The van der Waals surface area contributed by atoms with Gasteiger partial charge in [-0.15, -0.1) is 11.8 Å². The minimum absolute atomic E-state index is 0.0181. The zero-order chi connectivity index (χ0) is 15.9.